The summed E-state index contributed by atoms with van der Waals surface area (Å²) >= 11 is 0. The van der Waals surface area contributed by atoms with Crippen LogP contribution in [0.3, 0.4) is 0 Å². The molecule has 22 aromatic carbocycles. The van der Waals surface area contributed by atoms with E-state index in [-0.39, 0.29) is 0 Å². The van der Waals surface area contributed by atoms with E-state index in [1.165, 1.54) is 125 Å². The van der Waals surface area contributed by atoms with Crippen LogP contribution in [0.4, 0.5) is 0 Å². The Morgan fingerprint density at radius 3 is 0.716 bits per heavy atom. The molecule has 686 valence electrons. The molecule has 0 N–H and O–H groups in total. The molecule has 11 nitrogen and oxygen atoms in total. The van der Waals surface area contributed by atoms with Gasteiger partial charge in [-0.1, -0.05) is 388 Å². The number of hydrogen-bond donors (Lipinski definition) is 0. The van der Waals surface area contributed by atoms with Crippen molar-refractivity contribution in [2.24, 2.45) is 0 Å². The number of hydrogen-bond acceptors (Lipinski definition) is 11. The maximum absolute atomic E-state index is 9.35. The smallest absolute Gasteiger partial charge is 0.160 e. The van der Waals surface area contributed by atoms with Gasteiger partial charge in [0, 0.05) is 87.3 Å². The Hall–Kier alpha value is -20.4. The number of nitrogens with zero attached hydrogens (tertiary/aromatic N) is 11. The maximum Gasteiger partial charge on any atom is 0.160 e. The molecule has 11 heteroatoms. The van der Waals surface area contributed by atoms with Gasteiger partial charge in [-0.2, -0.15) is 10.5 Å². The van der Waals surface area contributed by atoms with E-state index >= 15 is 0 Å². The molecule has 0 bridgehead atoms. The Balaban J connectivity index is 0.000000112. The highest BCUT2D eigenvalue weighted by molar-refractivity contribution is 6.28. The van der Waals surface area contributed by atoms with E-state index in [2.05, 4.69) is 397 Å². The largest absolute Gasteiger partial charge is 0.265 e. The van der Waals surface area contributed by atoms with E-state index in [4.69, 9.17) is 29.9 Å². The molecular weight excluding hydrogens is 1800 g/mol. The fraction of sp³-hybridized carbons (Fsp3) is 0. The van der Waals surface area contributed by atoms with Gasteiger partial charge < -0.3 is 0 Å². The van der Waals surface area contributed by atoms with Gasteiger partial charge in [-0.3, -0.25) is 15.0 Å². The van der Waals surface area contributed by atoms with Crippen LogP contribution in [0.5, 0.6) is 0 Å². The van der Waals surface area contributed by atoms with Crippen LogP contribution in [0.2, 0.25) is 0 Å². The van der Waals surface area contributed by atoms with Gasteiger partial charge in [-0.25, -0.2) is 29.9 Å². The molecule has 6 heterocycles. The van der Waals surface area contributed by atoms with Gasteiger partial charge in [0.15, 0.2) is 17.5 Å². The average molecular weight is 1880 g/mol. The molecule has 0 unspecified atom stereocenters. The Morgan fingerprint density at radius 1 is 0.149 bits per heavy atom. The summed E-state index contributed by atoms with van der Waals surface area (Å²) in [5.41, 5.74) is 31.1. The topological polar surface area (TPSA) is 164 Å². The summed E-state index contributed by atoms with van der Waals surface area (Å²) < 4.78 is 0. The van der Waals surface area contributed by atoms with Crippen LogP contribution < -0.4 is 0 Å². The van der Waals surface area contributed by atoms with Crippen LogP contribution in [0.25, 0.3) is 277 Å². The number of rotatable bonds is 16. The van der Waals surface area contributed by atoms with E-state index in [9.17, 15) is 10.5 Å². The predicted molar refractivity (Wildman–Crippen MR) is 607 cm³/mol. The van der Waals surface area contributed by atoms with Crippen molar-refractivity contribution in [2.75, 3.05) is 0 Å². The van der Waals surface area contributed by atoms with Gasteiger partial charge >= 0.3 is 0 Å². The predicted octanol–water partition coefficient (Wildman–Crippen LogP) is 34.7. The normalized spacial score (nSPS) is 11.4. The molecule has 0 amide bonds. The van der Waals surface area contributed by atoms with E-state index in [0.717, 1.165) is 134 Å². The fourth-order valence-corrected chi connectivity index (χ4v) is 21.0. The molecule has 148 heavy (non-hydrogen) atoms. The van der Waals surface area contributed by atoms with Crippen LogP contribution in [0.15, 0.2) is 504 Å². The Labute approximate surface area is 853 Å². The molecule has 0 spiro atoms. The van der Waals surface area contributed by atoms with Crippen LogP contribution in [-0.2, 0) is 0 Å². The number of nitriles is 2. The quantitative estimate of drug-likeness (QED) is 0.0846. The van der Waals surface area contributed by atoms with E-state index in [1.54, 1.807) is 18.6 Å². The number of pyridine rings is 3. The van der Waals surface area contributed by atoms with Crippen LogP contribution in [-0.4, -0.2) is 44.9 Å². The third-order valence-corrected chi connectivity index (χ3v) is 28.6. The summed E-state index contributed by atoms with van der Waals surface area (Å²) in [5.74, 6) is 1.98. The minimum Gasteiger partial charge on any atom is -0.265 e. The molecule has 0 saturated heterocycles. The zero-order valence-electron chi connectivity index (χ0n) is 79.8. The van der Waals surface area contributed by atoms with Crippen molar-refractivity contribution >= 4 is 97.0 Å². The Kier molecular flexibility index (Phi) is 22.5. The van der Waals surface area contributed by atoms with Gasteiger partial charge in [0.2, 0.25) is 0 Å². The monoisotopic (exact) mass is 1880 g/mol. The fourth-order valence-electron chi connectivity index (χ4n) is 21.0. The lowest BCUT2D eigenvalue weighted by atomic mass is 9.90. The van der Waals surface area contributed by atoms with Crippen molar-refractivity contribution in [1.82, 2.24) is 44.9 Å². The molecule has 6 aromatic heterocycles. The van der Waals surface area contributed by atoms with Crippen molar-refractivity contribution in [2.45, 2.75) is 0 Å². The standard InChI is InChI=1S/C49H31N3.2C44H26N4/c1-2-6-32(7-3-1)41-10-5-11-42(30-41)46-31-45(36-16-12-33(13-17-36)34-26-28-50-29-27-34)51-49(52-46)40-20-14-35(15-21-40)43-24-22-39-19-18-37-8-4-9-38-23-25-44(43)48(39)47(37)38;45-26-28-6-8-31(9-7-28)40-25-41(32-14-10-29(11-15-32)37-5-2-24-46-27-37)48-44(47-40)36-18-12-30(13-19-36)38-22-20-35-17-16-33-3-1-4-34-21-23-39(38)43(35)42(33)34;45-27-28-4-6-32(7-5-28)40-26-41(33-12-8-29(9-13-33)30-22-24-46-25-23-30)48-44(47-40)37-16-10-31(11-17-37)38-20-18-36-15-14-34-2-1-3-35-19-21-39(38)43(36)42(34)35/h1-31H;1-25,27H;1-26H. The Morgan fingerprint density at radius 2 is 0.392 bits per heavy atom. The molecule has 0 atom stereocenters. The molecule has 28 rings (SSSR count). The summed E-state index contributed by atoms with van der Waals surface area (Å²) in [6.45, 7) is 0. The lowest BCUT2D eigenvalue weighted by Gasteiger charge is -2.14. The minimum absolute atomic E-state index is 0.613. The first-order valence-electron chi connectivity index (χ1n) is 49.4. The first-order valence-corrected chi connectivity index (χ1v) is 49.4. The lowest BCUT2D eigenvalue weighted by Crippen LogP contribution is -1.96. The van der Waals surface area contributed by atoms with Crippen LogP contribution in [0, 0.1) is 22.7 Å². The third-order valence-electron chi connectivity index (χ3n) is 28.6. The highest BCUT2D eigenvalue weighted by atomic mass is 14.9. The molecule has 0 fully saturated rings. The summed E-state index contributed by atoms with van der Waals surface area (Å²) in [4.78, 5) is 43.1. The highest BCUT2D eigenvalue weighted by Crippen LogP contribution is 2.46. The maximum atomic E-state index is 9.35. The van der Waals surface area contributed by atoms with Gasteiger partial charge in [-0.05, 0) is 254 Å². The van der Waals surface area contributed by atoms with Crippen molar-refractivity contribution < 1.29 is 0 Å². The lowest BCUT2D eigenvalue weighted by molar-refractivity contribution is 1.18. The molecule has 0 saturated carbocycles. The van der Waals surface area contributed by atoms with Crippen molar-refractivity contribution in [3.8, 4) is 192 Å². The second-order valence-electron chi connectivity index (χ2n) is 37.3. The zero-order chi connectivity index (χ0) is 98.5. The van der Waals surface area contributed by atoms with E-state index < -0.39 is 0 Å². The average Bonchev–Trinajstić information content (AvgIpc) is 0.739. The van der Waals surface area contributed by atoms with Crippen LogP contribution in [0.1, 0.15) is 11.1 Å². The van der Waals surface area contributed by atoms with E-state index in [0.29, 0.717) is 28.6 Å². The first-order chi connectivity index (χ1) is 73.2. The summed E-state index contributed by atoms with van der Waals surface area (Å²) in [6, 6.07) is 168. The van der Waals surface area contributed by atoms with Crippen LogP contribution >= 0.6 is 0 Å². The molecule has 0 aliphatic heterocycles. The third kappa shape index (κ3) is 16.8. The summed E-state index contributed by atoms with van der Waals surface area (Å²) in [7, 11) is 0. The molecular formula is C137H83N11. The van der Waals surface area contributed by atoms with Gasteiger partial charge in [-0.15, -0.1) is 0 Å². The molecule has 0 aliphatic rings. The second-order valence-corrected chi connectivity index (χ2v) is 37.3. The number of aromatic nitrogens is 9. The van der Waals surface area contributed by atoms with Gasteiger partial charge in [0.1, 0.15) is 0 Å². The molecule has 0 radical (unpaired) electrons. The van der Waals surface area contributed by atoms with Gasteiger partial charge in [0.25, 0.3) is 0 Å². The first kappa shape index (κ1) is 87.9. The molecule has 0 aliphatic carbocycles. The molecule has 28 aromatic rings. The summed E-state index contributed by atoms with van der Waals surface area (Å²) in [5, 5.41) is 41.8. The van der Waals surface area contributed by atoms with Crippen molar-refractivity contribution in [3.05, 3.63) is 515 Å². The van der Waals surface area contributed by atoms with E-state index in [1.807, 2.05) is 116 Å². The number of benzene rings is 22. The summed E-state index contributed by atoms with van der Waals surface area (Å²) in [6.07, 6.45) is 10.9. The van der Waals surface area contributed by atoms with Crippen molar-refractivity contribution in [3.63, 3.8) is 0 Å². The van der Waals surface area contributed by atoms with Crippen molar-refractivity contribution in [1.29, 1.82) is 10.5 Å². The second kappa shape index (κ2) is 37.9. The Bertz CT molecular complexity index is 9540. The highest BCUT2D eigenvalue weighted by Gasteiger charge is 2.22. The zero-order valence-corrected chi connectivity index (χ0v) is 79.8. The van der Waals surface area contributed by atoms with Gasteiger partial charge in [0.05, 0.1) is 57.4 Å². The SMILES string of the molecule is N#Cc1ccc(-c2cc(-c3ccc(-c4cccnc4)cc3)nc(-c3ccc(-c4ccc5ccc6cccc7ccc4c5c67)cc3)n2)cc1.N#Cc1ccc(-c2cc(-c3ccc(-c4ccncc4)cc3)nc(-c3ccc(-c4ccc5ccc6cccc7ccc4c5c67)cc3)n2)cc1.c1ccc(-c2cccc(-c3cc(-c4ccc(-c5ccncc5)cc4)nc(-c4ccc(-c5ccc6ccc7cccc8ccc5c6c78)cc4)n3)c2)cc1. The minimum atomic E-state index is 0.613.